The molecule has 1 atom stereocenters. The third-order valence-electron chi connectivity index (χ3n) is 0.939. The molecule has 0 amide bonds. The van der Waals surface area contributed by atoms with Crippen molar-refractivity contribution >= 4 is 11.9 Å². The minimum absolute atomic E-state index is 0.365. The van der Waals surface area contributed by atoms with Gasteiger partial charge in [0.25, 0.3) is 0 Å². The Kier molecular flexibility index (Phi) is 4.21. The van der Waals surface area contributed by atoms with Crippen LogP contribution in [-0.4, -0.2) is 34.9 Å². The van der Waals surface area contributed by atoms with Crippen LogP contribution >= 0.6 is 0 Å². The molecular formula is C6H10O5. The number of carboxylic acids is 1. The lowest BCUT2D eigenvalue weighted by Gasteiger charge is -2.10. The summed E-state index contributed by atoms with van der Waals surface area (Å²) in [6.45, 7) is 0.691. The molecule has 0 fully saturated rings. The SMILES string of the molecule is CC(=O)O[C@@H](CO)CC(=O)O. The molecule has 11 heavy (non-hydrogen) atoms. The van der Waals surface area contributed by atoms with Crippen molar-refractivity contribution in [3.8, 4) is 0 Å². The van der Waals surface area contributed by atoms with Crippen LogP contribution in [0.4, 0.5) is 0 Å². The Bertz CT molecular complexity index is 137. The van der Waals surface area contributed by atoms with Gasteiger partial charge in [0.05, 0.1) is 13.0 Å². The number of esters is 1. The summed E-state index contributed by atoms with van der Waals surface area (Å²) in [5.41, 5.74) is 0. The maximum absolute atomic E-state index is 10.3. The van der Waals surface area contributed by atoms with Gasteiger partial charge in [0.2, 0.25) is 0 Å². The lowest BCUT2D eigenvalue weighted by molar-refractivity contribution is -0.152. The minimum atomic E-state index is -1.11. The molecule has 0 aromatic carbocycles. The Labute approximate surface area is 63.6 Å². The predicted octanol–water partition coefficient (Wildman–Crippen LogP) is -0.615. The number of hydrogen-bond donors (Lipinski definition) is 2. The number of carbonyl (C=O) groups is 2. The zero-order valence-electron chi connectivity index (χ0n) is 6.11. The Balaban J connectivity index is 3.76. The second-order valence-corrected chi connectivity index (χ2v) is 2.01. The Morgan fingerprint density at radius 1 is 1.55 bits per heavy atom. The molecule has 0 rings (SSSR count). The van der Waals surface area contributed by atoms with E-state index in [1.165, 1.54) is 0 Å². The lowest BCUT2D eigenvalue weighted by Crippen LogP contribution is -2.23. The molecule has 64 valence electrons. The summed E-state index contributed by atoms with van der Waals surface area (Å²) in [5.74, 6) is -1.70. The summed E-state index contributed by atoms with van der Waals surface area (Å²) in [6, 6.07) is 0. The molecule has 0 aliphatic carbocycles. The van der Waals surface area contributed by atoms with Crippen molar-refractivity contribution < 1.29 is 24.5 Å². The molecule has 2 N–H and O–H groups in total. The van der Waals surface area contributed by atoms with Crippen LogP contribution in [0.3, 0.4) is 0 Å². The van der Waals surface area contributed by atoms with Gasteiger partial charge in [-0.3, -0.25) is 9.59 Å². The summed E-state index contributed by atoms with van der Waals surface area (Å²) in [7, 11) is 0. The quantitative estimate of drug-likeness (QED) is 0.538. The first-order chi connectivity index (χ1) is 5.06. The van der Waals surface area contributed by atoms with Gasteiger partial charge in [-0.15, -0.1) is 0 Å². The van der Waals surface area contributed by atoms with Gasteiger partial charge in [-0.05, 0) is 0 Å². The lowest BCUT2D eigenvalue weighted by atomic mass is 10.3. The highest BCUT2D eigenvalue weighted by Crippen LogP contribution is 1.97. The third-order valence-corrected chi connectivity index (χ3v) is 0.939. The van der Waals surface area contributed by atoms with Crippen LogP contribution in [0.25, 0.3) is 0 Å². The van der Waals surface area contributed by atoms with Crippen molar-refractivity contribution in [1.82, 2.24) is 0 Å². The van der Waals surface area contributed by atoms with Crippen LogP contribution in [0, 0.1) is 0 Å². The molecule has 0 aromatic heterocycles. The zero-order chi connectivity index (χ0) is 8.85. The fraction of sp³-hybridized carbons (Fsp3) is 0.667. The molecular weight excluding hydrogens is 152 g/mol. The first-order valence-electron chi connectivity index (χ1n) is 3.06. The topological polar surface area (TPSA) is 83.8 Å². The van der Waals surface area contributed by atoms with Crippen molar-refractivity contribution in [2.45, 2.75) is 19.4 Å². The predicted molar refractivity (Wildman–Crippen MR) is 34.9 cm³/mol. The average Bonchev–Trinajstić information content (AvgIpc) is 1.84. The summed E-state index contributed by atoms with van der Waals surface area (Å²) >= 11 is 0. The van der Waals surface area contributed by atoms with E-state index >= 15 is 0 Å². The Morgan fingerprint density at radius 2 is 2.09 bits per heavy atom. The normalized spacial score (nSPS) is 12.2. The zero-order valence-corrected chi connectivity index (χ0v) is 6.11. The van der Waals surface area contributed by atoms with Crippen molar-refractivity contribution in [3.63, 3.8) is 0 Å². The first kappa shape index (κ1) is 9.90. The fourth-order valence-electron chi connectivity index (χ4n) is 0.573. The Hall–Kier alpha value is -1.10. The molecule has 0 aliphatic rings. The molecule has 0 saturated heterocycles. The van der Waals surface area contributed by atoms with E-state index in [4.69, 9.17) is 10.2 Å². The van der Waals surface area contributed by atoms with Gasteiger partial charge in [-0.2, -0.15) is 0 Å². The molecule has 5 heteroatoms. The number of carbonyl (C=O) groups excluding carboxylic acids is 1. The molecule has 0 unspecified atom stereocenters. The van der Waals surface area contributed by atoms with Gasteiger partial charge in [-0.1, -0.05) is 0 Å². The van der Waals surface area contributed by atoms with Crippen LogP contribution < -0.4 is 0 Å². The molecule has 0 saturated carbocycles. The second-order valence-electron chi connectivity index (χ2n) is 2.01. The van der Waals surface area contributed by atoms with Crippen LogP contribution in [-0.2, 0) is 14.3 Å². The van der Waals surface area contributed by atoms with Crippen LogP contribution in [0.5, 0.6) is 0 Å². The largest absolute Gasteiger partial charge is 0.481 e. The number of hydrogen-bond acceptors (Lipinski definition) is 4. The fourth-order valence-corrected chi connectivity index (χ4v) is 0.573. The van der Waals surface area contributed by atoms with Crippen molar-refractivity contribution in [2.24, 2.45) is 0 Å². The van der Waals surface area contributed by atoms with E-state index in [2.05, 4.69) is 4.74 Å². The van der Waals surface area contributed by atoms with Crippen molar-refractivity contribution in [3.05, 3.63) is 0 Å². The highest BCUT2D eigenvalue weighted by molar-refractivity contribution is 5.69. The van der Waals surface area contributed by atoms with Crippen molar-refractivity contribution in [1.29, 1.82) is 0 Å². The maximum Gasteiger partial charge on any atom is 0.307 e. The van der Waals surface area contributed by atoms with E-state index in [1.807, 2.05) is 0 Å². The third kappa shape index (κ3) is 5.35. The van der Waals surface area contributed by atoms with Gasteiger partial charge < -0.3 is 14.9 Å². The molecule has 0 aromatic rings. The number of aliphatic hydroxyl groups excluding tert-OH is 1. The first-order valence-corrected chi connectivity index (χ1v) is 3.06. The molecule has 0 heterocycles. The average molecular weight is 162 g/mol. The van der Waals surface area contributed by atoms with E-state index in [0.29, 0.717) is 0 Å². The van der Waals surface area contributed by atoms with E-state index in [9.17, 15) is 9.59 Å². The van der Waals surface area contributed by atoms with E-state index in [1.54, 1.807) is 0 Å². The van der Waals surface area contributed by atoms with Crippen molar-refractivity contribution in [2.75, 3.05) is 6.61 Å². The molecule has 0 spiro atoms. The number of rotatable bonds is 4. The molecule has 0 radical (unpaired) electrons. The number of carboxylic acid groups (broad SMARTS) is 1. The maximum atomic E-state index is 10.3. The summed E-state index contributed by atoms with van der Waals surface area (Å²) in [4.78, 5) is 20.3. The van der Waals surface area contributed by atoms with Crippen LogP contribution in [0.1, 0.15) is 13.3 Å². The Morgan fingerprint density at radius 3 is 2.36 bits per heavy atom. The van der Waals surface area contributed by atoms with Gasteiger partial charge in [0.1, 0.15) is 6.10 Å². The summed E-state index contributed by atoms with van der Waals surface area (Å²) < 4.78 is 4.44. The summed E-state index contributed by atoms with van der Waals surface area (Å²) in [6.07, 6.45) is -1.29. The molecule has 0 aliphatic heterocycles. The van der Waals surface area contributed by atoms with Gasteiger partial charge in [0, 0.05) is 6.92 Å². The monoisotopic (exact) mass is 162 g/mol. The summed E-state index contributed by atoms with van der Waals surface area (Å²) in [5, 5.41) is 16.7. The van der Waals surface area contributed by atoms with Gasteiger partial charge in [0.15, 0.2) is 0 Å². The number of aliphatic hydroxyl groups is 1. The van der Waals surface area contributed by atoms with E-state index in [-0.39, 0.29) is 6.42 Å². The highest BCUT2D eigenvalue weighted by atomic mass is 16.6. The van der Waals surface area contributed by atoms with E-state index < -0.39 is 24.6 Å². The van der Waals surface area contributed by atoms with Gasteiger partial charge in [-0.25, -0.2) is 0 Å². The van der Waals surface area contributed by atoms with Gasteiger partial charge >= 0.3 is 11.9 Å². The van der Waals surface area contributed by atoms with E-state index in [0.717, 1.165) is 6.92 Å². The number of aliphatic carboxylic acids is 1. The standard InChI is InChI=1S/C6H10O5/c1-4(8)11-5(3-7)2-6(9)10/h5,7H,2-3H2,1H3,(H,9,10)/t5-/m1/s1. The van der Waals surface area contributed by atoms with Crippen LogP contribution in [0.2, 0.25) is 0 Å². The minimum Gasteiger partial charge on any atom is -0.481 e. The highest BCUT2D eigenvalue weighted by Gasteiger charge is 2.14. The molecule has 5 nitrogen and oxygen atoms in total. The van der Waals surface area contributed by atoms with Crippen LogP contribution in [0.15, 0.2) is 0 Å². The second kappa shape index (κ2) is 4.68. The number of ether oxygens (including phenoxy) is 1. The smallest absolute Gasteiger partial charge is 0.307 e. The molecule has 0 bridgehead atoms.